The van der Waals surface area contributed by atoms with E-state index in [-0.39, 0.29) is 0 Å². The van der Waals surface area contributed by atoms with Gasteiger partial charge in [0, 0.05) is 5.22 Å². The van der Waals surface area contributed by atoms with Crippen molar-refractivity contribution in [3.63, 3.8) is 0 Å². The Balaban J connectivity index is 2.81. The lowest BCUT2D eigenvalue weighted by Gasteiger charge is -2.05. The predicted molar refractivity (Wildman–Crippen MR) is 42.2 cm³/mol. The summed E-state index contributed by atoms with van der Waals surface area (Å²) in [5.74, 6) is 0. The molecule has 0 atom stereocenters. The Morgan fingerprint density at radius 2 is 2.09 bits per heavy atom. The van der Waals surface area contributed by atoms with E-state index in [1.807, 2.05) is 12.1 Å². The number of benzene rings is 1. The van der Waals surface area contributed by atoms with Gasteiger partial charge < -0.3 is 0 Å². The van der Waals surface area contributed by atoms with Crippen LogP contribution >= 0.6 is 11.6 Å². The summed E-state index contributed by atoms with van der Waals surface area (Å²) in [5, 5.41) is 2.84. The van der Waals surface area contributed by atoms with E-state index in [9.17, 15) is 0 Å². The molecule has 52 valence electrons. The van der Waals surface area contributed by atoms with Gasteiger partial charge in [-0.25, -0.2) is 4.98 Å². The topological polar surface area (TPSA) is 25.8 Å². The minimum atomic E-state index is 0.683. The van der Waals surface area contributed by atoms with E-state index < -0.39 is 0 Å². The van der Waals surface area contributed by atoms with Gasteiger partial charge in [-0.1, -0.05) is 11.6 Å². The summed E-state index contributed by atoms with van der Waals surface area (Å²) in [6.07, 6.45) is 1.75. The average Bonchev–Trinajstić information content (AvgIpc) is 2.02. The number of fused-ring (bicyclic) bond motifs is 1. The molecule has 0 fully saturated rings. The fourth-order valence-corrected chi connectivity index (χ4v) is 1.55. The van der Waals surface area contributed by atoms with E-state index in [2.05, 4.69) is 9.97 Å². The van der Waals surface area contributed by atoms with Crippen LogP contribution in [0, 0.1) is 10.6 Å². The summed E-state index contributed by atoms with van der Waals surface area (Å²) in [4.78, 5) is 8.36. The highest BCUT2D eigenvalue weighted by Crippen LogP contribution is 2.24. The van der Waals surface area contributed by atoms with E-state index in [1.165, 1.54) is 5.22 Å². The minimum absolute atomic E-state index is 0.683. The zero-order chi connectivity index (χ0) is 7.42. The Bertz CT molecular complexity index is 548. The van der Waals surface area contributed by atoms with Gasteiger partial charge in [0.05, 0.1) is 16.6 Å². The van der Waals surface area contributed by atoms with Crippen LogP contribution in [0.5, 0.6) is 0 Å². The molecule has 0 spiro atoms. The van der Waals surface area contributed by atoms with Crippen LogP contribution in [0.25, 0.3) is 11.0 Å². The molecule has 0 saturated heterocycles. The third kappa shape index (κ3) is 0.499. The van der Waals surface area contributed by atoms with Gasteiger partial charge in [0.1, 0.15) is 11.0 Å². The van der Waals surface area contributed by atoms with E-state index >= 15 is 0 Å². The third-order valence-corrected chi connectivity index (χ3v) is 2.23. The van der Waals surface area contributed by atoms with E-state index in [0.717, 1.165) is 16.4 Å². The standard InChI is InChI=1S/C8H3ClN2/c9-5-2-1-4-6-3-10-8(5)7(4)11-6/h1-3H. The average molecular weight is 163 g/mol. The molecule has 0 unspecified atom stereocenters. The molecule has 0 saturated carbocycles. The van der Waals surface area contributed by atoms with E-state index in [0.29, 0.717) is 5.02 Å². The summed E-state index contributed by atoms with van der Waals surface area (Å²) in [6.45, 7) is 0. The van der Waals surface area contributed by atoms with Crippen LogP contribution in [0.3, 0.4) is 0 Å². The Hall–Kier alpha value is -1.15. The van der Waals surface area contributed by atoms with Crippen LogP contribution in [0.15, 0.2) is 18.3 Å². The van der Waals surface area contributed by atoms with Gasteiger partial charge in [-0.15, -0.1) is 0 Å². The zero-order valence-electron chi connectivity index (χ0n) is 5.50. The van der Waals surface area contributed by atoms with Gasteiger partial charge in [-0.05, 0) is 12.1 Å². The molecule has 0 radical (unpaired) electrons. The number of hydrogen-bond acceptors (Lipinski definition) is 2. The predicted octanol–water partition coefficient (Wildman–Crippen LogP) is 1.88. The van der Waals surface area contributed by atoms with Crippen molar-refractivity contribution in [2.24, 2.45) is 0 Å². The third-order valence-electron chi connectivity index (χ3n) is 1.93. The molecule has 0 amide bonds. The smallest absolute Gasteiger partial charge is 0.108 e. The quantitative estimate of drug-likeness (QED) is 0.505. The molecule has 3 heteroatoms. The van der Waals surface area contributed by atoms with Gasteiger partial charge in [-0.2, -0.15) is 0 Å². The first-order valence-electron chi connectivity index (χ1n) is 3.32. The lowest BCUT2D eigenvalue weighted by Crippen LogP contribution is -1.96. The van der Waals surface area contributed by atoms with Crippen molar-refractivity contribution in [3.05, 3.63) is 33.9 Å². The first kappa shape index (κ1) is 5.49. The zero-order valence-corrected chi connectivity index (χ0v) is 6.26. The molecule has 2 bridgehead atoms. The minimum Gasteiger partial charge on any atom is -0.251 e. The van der Waals surface area contributed by atoms with Gasteiger partial charge in [0.25, 0.3) is 0 Å². The monoisotopic (exact) mass is 162 g/mol. The molecule has 0 aliphatic carbocycles. The van der Waals surface area contributed by atoms with Crippen molar-refractivity contribution in [1.29, 1.82) is 0 Å². The highest BCUT2D eigenvalue weighted by Gasteiger charge is 2.09. The normalized spacial score (nSPS) is 12.1. The Labute approximate surface area is 67.2 Å². The van der Waals surface area contributed by atoms with Crippen LogP contribution in [-0.4, -0.2) is 9.97 Å². The fraction of sp³-hybridized carbons (Fsp3) is 0. The molecule has 1 aromatic carbocycles. The number of nitrogens with zero attached hydrogens (tertiary/aromatic N) is 2. The van der Waals surface area contributed by atoms with Crippen LogP contribution in [0.1, 0.15) is 0 Å². The molecule has 1 aromatic heterocycles. The second kappa shape index (κ2) is 1.53. The van der Waals surface area contributed by atoms with Gasteiger partial charge in [-0.3, -0.25) is 4.98 Å². The molecule has 11 heavy (non-hydrogen) atoms. The van der Waals surface area contributed by atoms with E-state index in [4.69, 9.17) is 11.6 Å². The second-order valence-electron chi connectivity index (χ2n) is 2.55. The van der Waals surface area contributed by atoms with Crippen molar-refractivity contribution >= 4 is 22.6 Å². The highest BCUT2D eigenvalue weighted by molar-refractivity contribution is 6.34. The van der Waals surface area contributed by atoms with Crippen molar-refractivity contribution in [2.45, 2.75) is 0 Å². The maximum Gasteiger partial charge on any atom is 0.108 e. The Morgan fingerprint density at radius 3 is 2.82 bits per heavy atom. The molecule has 2 heterocycles. The molecule has 2 aromatic rings. The lowest BCUT2D eigenvalue weighted by atomic mass is 10.2. The highest BCUT2D eigenvalue weighted by atomic mass is 35.5. The van der Waals surface area contributed by atoms with Crippen molar-refractivity contribution in [2.75, 3.05) is 0 Å². The first-order valence-corrected chi connectivity index (χ1v) is 3.70. The van der Waals surface area contributed by atoms with Crippen molar-refractivity contribution in [3.8, 4) is 0 Å². The molecule has 1 aliphatic heterocycles. The van der Waals surface area contributed by atoms with Crippen molar-refractivity contribution in [1.82, 2.24) is 9.97 Å². The summed E-state index contributed by atoms with van der Waals surface area (Å²) >= 11 is 5.88. The molecule has 0 N–H and O–H groups in total. The SMILES string of the molecule is Clc1ccc2c3nc=2cnc13. The van der Waals surface area contributed by atoms with Crippen LogP contribution < -0.4 is 0 Å². The fourth-order valence-electron chi connectivity index (χ4n) is 1.35. The maximum absolute atomic E-state index is 5.88. The number of hydrogen-bond donors (Lipinski definition) is 0. The van der Waals surface area contributed by atoms with Crippen LogP contribution in [-0.2, 0) is 0 Å². The lowest BCUT2D eigenvalue weighted by molar-refractivity contribution is 1.15. The summed E-state index contributed by atoms with van der Waals surface area (Å²) < 4.78 is 0. The number of halogens is 1. The Kier molecular flexibility index (Phi) is 0.767. The molecule has 3 rings (SSSR count). The molecular weight excluding hydrogens is 160 g/mol. The summed E-state index contributed by atoms with van der Waals surface area (Å²) in [6, 6.07) is 3.84. The van der Waals surface area contributed by atoms with Crippen LogP contribution in [0.4, 0.5) is 0 Å². The Morgan fingerprint density at radius 1 is 1.18 bits per heavy atom. The maximum atomic E-state index is 5.88. The van der Waals surface area contributed by atoms with Crippen molar-refractivity contribution < 1.29 is 0 Å². The van der Waals surface area contributed by atoms with Gasteiger partial charge in [0.2, 0.25) is 0 Å². The molecule has 1 aliphatic rings. The summed E-state index contributed by atoms with van der Waals surface area (Å²) in [7, 11) is 0. The molecule has 2 nitrogen and oxygen atoms in total. The number of aromatic nitrogens is 2. The summed E-state index contributed by atoms with van der Waals surface area (Å²) in [5.41, 5.74) is 1.77. The number of rotatable bonds is 0. The van der Waals surface area contributed by atoms with E-state index in [1.54, 1.807) is 6.20 Å². The molecular formula is C8H3ClN2. The first-order chi connectivity index (χ1) is 5.36. The van der Waals surface area contributed by atoms with Gasteiger partial charge in [0.15, 0.2) is 0 Å². The van der Waals surface area contributed by atoms with Crippen LogP contribution in [0.2, 0.25) is 5.02 Å². The van der Waals surface area contributed by atoms with Gasteiger partial charge >= 0.3 is 0 Å². The largest absolute Gasteiger partial charge is 0.251 e. The second-order valence-corrected chi connectivity index (χ2v) is 2.95.